The van der Waals surface area contributed by atoms with Crippen molar-refractivity contribution in [3.05, 3.63) is 12.7 Å². The molecule has 2 N–H and O–H groups in total. The van der Waals surface area contributed by atoms with Gasteiger partial charge in [0.1, 0.15) is 0 Å². The van der Waals surface area contributed by atoms with Crippen LogP contribution in [0.4, 0.5) is 4.79 Å². The summed E-state index contributed by atoms with van der Waals surface area (Å²) in [5.41, 5.74) is 0. The van der Waals surface area contributed by atoms with E-state index in [9.17, 15) is 0 Å². The largest absolute Gasteiger partial charge is 0.503 e. The predicted molar refractivity (Wildman–Crippen MR) is 50.4 cm³/mol. The summed E-state index contributed by atoms with van der Waals surface area (Å²) in [4.78, 5) is 8.56. The summed E-state index contributed by atoms with van der Waals surface area (Å²) in [6.45, 7) is 3.64. The molecule has 1 unspecified atom stereocenters. The minimum atomic E-state index is -1.83. The molecule has 1 aliphatic rings. The van der Waals surface area contributed by atoms with E-state index in [1.807, 2.05) is 6.08 Å². The van der Waals surface area contributed by atoms with Crippen molar-refractivity contribution in [2.24, 2.45) is 0 Å². The summed E-state index contributed by atoms with van der Waals surface area (Å²) in [6, 6.07) is 0. The van der Waals surface area contributed by atoms with Crippen LogP contribution >= 0.6 is 21.9 Å². The van der Waals surface area contributed by atoms with Gasteiger partial charge < -0.3 is 10.2 Å². The molecule has 4 nitrogen and oxygen atoms in total. The van der Waals surface area contributed by atoms with E-state index in [0.29, 0.717) is 6.10 Å². The van der Waals surface area contributed by atoms with Crippen LogP contribution in [0.15, 0.2) is 12.7 Å². The lowest BCUT2D eigenvalue weighted by molar-refractivity contribution is 0.137. The average Bonchev–Trinajstić information content (AvgIpc) is 2.05. The van der Waals surface area contributed by atoms with Crippen molar-refractivity contribution < 1.29 is 19.2 Å². The van der Waals surface area contributed by atoms with Crippen LogP contribution in [0, 0.1) is 0 Å². The Kier molecular flexibility index (Phi) is 7.12. The van der Waals surface area contributed by atoms with Crippen molar-refractivity contribution >= 4 is 28.0 Å². The summed E-state index contributed by atoms with van der Waals surface area (Å²) in [5.74, 6) is 1.18. The summed E-state index contributed by atoms with van der Waals surface area (Å²) in [6.07, 6.45) is 1.43. The van der Waals surface area contributed by atoms with Gasteiger partial charge in [0, 0.05) is 5.75 Å². The summed E-state index contributed by atoms with van der Waals surface area (Å²) < 4.78 is 5.19. The van der Waals surface area contributed by atoms with Gasteiger partial charge in [0.25, 0.3) is 0 Å². The Hall–Kier alpha value is -0.330. The standard InChI is InChI=1S/C5H8OS2.CH2O3/c1-2-5-3-4-7-8-6-5;2-1(3)4/h2,5H,1,3-4H2;(H2,2,3,4). The average molecular weight is 210 g/mol. The van der Waals surface area contributed by atoms with Crippen LogP contribution in [0.1, 0.15) is 6.42 Å². The molecule has 1 aliphatic heterocycles. The van der Waals surface area contributed by atoms with E-state index in [0.717, 1.165) is 6.42 Å². The lowest BCUT2D eigenvalue weighted by Gasteiger charge is -2.15. The molecular formula is C6H10O4S2. The third-order valence-electron chi connectivity index (χ3n) is 0.960. The zero-order valence-electron chi connectivity index (χ0n) is 6.30. The third-order valence-corrected chi connectivity index (χ3v) is 2.81. The van der Waals surface area contributed by atoms with Gasteiger partial charge in [-0.3, -0.25) is 4.18 Å². The molecule has 0 bridgehead atoms. The quantitative estimate of drug-likeness (QED) is 0.394. The van der Waals surface area contributed by atoms with Crippen LogP contribution in [0.25, 0.3) is 0 Å². The molecule has 12 heavy (non-hydrogen) atoms. The zero-order valence-corrected chi connectivity index (χ0v) is 7.94. The van der Waals surface area contributed by atoms with Gasteiger partial charge in [0.15, 0.2) is 0 Å². The maximum atomic E-state index is 8.56. The molecule has 0 aliphatic carbocycles. The van der Waals surface area contributed by atoms with E-state index >= 15 is 0 Å². The van der Waals surface area contributed by atoms with Crippen LogP contribution in [0.5, 0.6) is 0 Å². The third kappa shape index (κ3) is 7.77. The molecule has 0 amide bonds. The zero-order chi connectivity index (χ0) is 9.40. The summed E-state index contributed by atoms with van der Waals surface area (Å²) in [5, 5.41) is 13.9. The highest BCUT2D eigenvalue weighted by Gasteiger charge is 2.10. The highest BCUT2D eigenvalue weighted by molar-refractivity contribution is 8.74. The van der Waals surface area contributed by atoms with Crippen LogP contribution in [0.3, 0.4) is 0 Å². The first kappa shape index (κ1) is 11.7. The molecule has 1 rings (SSSR count). The van der Waals surface area contributed by atoms with Crippen molar-refractivity contribution in [1.29, 1.82) is 0 Å². The Morgan fingerprint density at radius 3 is 2.50 bits per heavy atom. The minimum absolute atomic E-state index is 0.293. The molecule has 1 fully saturated rings. The fourth-order valence-electron chi connectivity index (χ4n) is 0.482. The van der Waals surface area contributed by atoms with Gasteiger partial charge >= 0.3 is 6.16 Å². The van der Waals surface area contributed by atoms with E-state index in [1.54, 1.807) is 10.8 Å². The monoisotopic (exact) mass is 210 g/mol. The molecule has 70 valence electrons. The number of rotatable bonds is 1. The fraction of sp³-hybridized carbons (Fsp3) is 0.500. The van der Waals surface area contributed by atoms with Gasteiger partial charge in [-0.25, -0.2) is 4.79 Å². The lowest BCUT2D eigenvalue weighted by atomic mass is 10.3. The van der Waals surface area contributed by atoms with Crippen molar-refractivity contribution in [2.75, 3.05) is 5.75 Å². The molecule has 0 spiro atoms. The van der Waals surface area contributed by atoms with E-state index in [-0.39, 0.29) is 0 Å². The summed E-state index contributed by atoms with van der Waals surface area (Å²) >= 11 is 1.47. The normalized spacial score (nSPS) is 21.8. The van der Waals surface area contributed by atoms with Gasteiger partial charge in [0.05, 0.1) is 17.2 Å². The first-order valence-electron chi connectivity index (χ1n) is 3.16. The second-order valence-electron chi connectivity index (χ2n) is 1.83. The van der Waals surface area contributed by atoms with E-state index in [2.05, 4.69) is 6.58 Å². The number of hydrogen-bond donors (Lipinski definition) is 2. The molecule has 0 saturated carbocycles. The Labute approximate surface area is 78.6 Å². The van der Waals surface area contributed by atoms with E-state index < -0.39 is 6.16 Å². The number of carboxylic acid groups (broad SMARTS) is 2. The van der Waals surface area contributed by atoms with Crippen molar-refractivity contribution in [3.63, 3.8) is 0 Å². The lowest BCUT2D eigenvalue weighted by Crippen LogP contribution is -2.08. The van der Waals surface area contributed by atoms with Crippen LogP contribution in [-0.2, 0) is 4.18 Å². The van der Waals surface area contributed by atoms with E-state index in [4.69, 9.17) is 19.2 Å². The first-order chi connectivity index (χ1) is 5.66. The number of carbonyl (C=O) groups is 1. The maximum Gasteiger partial charge on any atom is 0.503 e. The first-order valence-corrected chi connectivity index (χ1v) is 5.40. The van der Waals surface area contributed by atoms with Crippen LogP contribution in [-0.4, -0.2) is 28.2 Å². The Morgan fingerprint density at radius 1 is 1.67 bits per heavy atom. The smallest absolute Gasteiger partial charge is 0.450 e. The van der Waals surface area contributed by atoms with Gasteiger partial charge in [-0.1, -0.05) is 16.9 Å². The highest BCUT2D eigenvalue weighted by Crippen LogP contribution is 2.31. The molecule has 0 aromatic heterocycles. The van der Waals surface area contributed by atoms with Crippen molar-refractivity contribution in [3.8, 4) is 0 Å². The fourth-order valence-corrected chi connectivity index (χ4v) is 2.17. The second kappa shape index (κ2) is 7.33. The Morgan fingerprint density at radius 2 is 2.25 bits per heavy atom. The van der Waals surface area contributed by atoms with Gasteiger partial charge in [-0.15, -0.1) is 6.58 Å². The van der Waals surface area contributed by atoms with Crippen LogP contribution < -0.4 is 0 Å². The second-order valence-corrected chi connectivity index (χ2v) is 3.92. The molecule has 0 radical (unpaired) electrons. The van der Waals surface area contributed by atoms with E-state index in [1.165, 1.54) is 16.8 Å². The molecule has 6 heteroatoms. The molecule has 0 aromatic rings. The number of hydrogen-bond acceptors (Lipinski definition) is 4. The van der Waals surface area contributed by atoms with Crippen molar-refractivity contribution in [2.45, 2.75) is 12.5 Å². The van der Waals surface area contributed by atoms with Gasteiger partial charge in [-0.2, -0.15) is 0 Å². The Bertz CT molecular complexity index is 140. The molecule has 0 aromatic carbocycles. The van der Waals surface area contributed by atoms with Crippen LogP contribution in [0.2, 0.25) is 0 Å². The molecule has 1 heterocycles. The molecule has 1 saturated heterocycles. The molecule has 1 atom stereocenters. The summed E-state index contributed by atoms with van der Waals surface area (Å²) in [7, 11) is 1.76. The van der Waals surface area contributed by atoms with Gasteiger partial charge in [0.2, 0.25) is 0 Å². The predicted octanol–water partition coefficient (Wildman–Crippen LogP) is 2.48. The topological polar surface area (TPSA) is 66.8 Å². The minimum Gasteiger partial charge on any atom is -0.450 e. The Balaban J connectivity index is 0.000000261. The van der Waals surface area contributed by atoms with Crippen molar-refractivity contribution in [1.82, 2.24) is 0 Å². The highest BCUT2D eigenvalue weighted by atomic mass is 33.1. The molecular weight excluding hydrogens is 200 g/mol. The SMILES string of the molecule is C=CC1CCSSO1.O=C(O)O. The van der Waals surface area contributed by atoms with Gasteiger partial charge in [-0.05, 0) is 6.42 Å². The maximum absolute atomic E-state index is 8.56.